The molecule has 2 heterocycles. The van der Waals surface area contributed by atoms with Crippen molar-refractivity contribution >= 4 is 33.6 Å². The first-order valence-electron chi connectivity index (χ1n) is 10.2. The normalized spacial score (nSPS) is 19.8. The van der Waals surface area contributed by atoms with Gasteiger partial charge in [0.2, 0.25) is 11.9 Å². The van der Waals surface area contributed by atoms with Crippen LogP contribution in [0.25, 0.3) is 0 Å². The zero-order valence-corrected chi connectivity index (χ0v) is 19.2. The Morgan fingerprint density at radius 2 is 1.78 bits per heavy atom. The van der Waals surface area contributed by atoms with Crippen molar-refractivity contribution in [1.29, 1.82) is 0 Å². The van der Waals surface area contributed by atoms with E-state index in [0.717, 1.165) is 21.3 Å². The SMILES string of the molecule is COc1ccc([C@H]2CC(=O)C3=C(C2)Nc2nc(N)nn2[C@H]3c2ccc(Br)cc2)cc1OC. The van der Waals surface area contributed by atoms with E-state index < -0.39 is 0 Å². The van der Waals surface area contributed by atoms with E-state index in [0.29, 0.717) is 35.9 Å². The third kappa shape index (κ3) is 3.42. The number of hydrogen-bond acceptors (Lipinski definition) is 7. The Labute approximate surface area is 193 Å². The van der Waals surface area contributed by atoms with E-state index in [2.05, 4.69) is 31.3 Å². The highest BCUT2D eigenvalue weighted by Gasteiger charge is 2.39. The fourth-order valence-corrected chi connectivity index (χ4v) is 4.79. The molecule has 2 aliphatic rings. The first kappa shape index (κ1) is 20.6. The first-order valence-corrected chi connectivity index (χ1v) is 11.0. The third-order valence-corrected chi connectivity index (χ3v) is 6.53. The monoisotopic (exact) mass is 495 g/mol. The molecule has 8 nitrogen and oxygen atoms in total. The molecule has 0 radical (unpaired) electrons. The number of halogens is 1. The van der Waals surface area contributed by atoms with Crippen molar-refractivity contribution in [3.8, 4) is 11.5 Å². The van der Waals surface area contributed by atoms with Crippen molar-refractivity contribution in [3.63, 3.8) is 0 Å². The van der Waals surface area contributed by atoms with Crippen LogP contribution in [0.15, 0.2) is 58.2 Å². The molecule has 2 atom stereocenters. The number of hydrogen-bond donors (Lipinski definition) is 2. The molecule has 0 spiro atoms. The van der Waals surface area contributed by atoms with Crippen molar-refractivity contribution in [2.75, 3.05) is 25.3 Å². The molecule has 32 heavy (non-hydrogen) atoms. The smallest absolute Gasteiger partial charge is 0.241 e. The van der Waals surface area contributed by atoms with Gasteiger partial charge in [-0.05, 0) is 47.7 Å². The molecular weight excluding hydrogens is 474 g/mol. The number of nitrogens with two attached hydrogens (primary N) is 1. The maximum atomic E-state index is 13.5. The minimum Gasteiger partial charge on any atom is -0.493 e. The lowest BCUT2D eigenvalue weighted by Crippen LogP contribution is -2.33. The maximum Gasteiger partial charge on any atom is 0.241 e. The van der Waals surface area contributed by atoms with Gasteiger partial charge in [0.15, 0.2) is 17.3 Å². The van der Waals surface area contributed by atoms with Gasteiger partial charge in [0.05, 0.1) is 14.2 Å². The second-order valence-electron chi connectivity index (χ2n) is 7.85. The molecule has 0 bridgehead atoms. The average molecular weight is 496 g/mol. The largest absolute Gasteiger partial charge is 0.493 e. The van der Waals surface area contributed by atoms with Crippen molar-refractivity contribution in [3.05, 3.63) is 69.3 Å². The number of Topliss-reactive ketones (excluding diaryl/α,β-unsaturated/α-hetero) is 1. The summed E-state index contributed by atoms with van der Waals surface area (Å²) in [6, 6.07) is 13.3. The van der Waals surface area contributed by atoms with E-state index in [1.54, 1.807) is 18.9 Å². The molecule has 3 aromatic rings. The van der Waals surface area contributed by atoms with Gasteiger partial charge in [-0.3, -0.25) is 4.79 Å². The maximum absolute atomic E-state index is 13.5. The quantitative estimate of drug-likeness (QED) is 0.562. The number of ketones is 1. The van der Waals surface area contributed by atoms with Gasteiger partial charge < -0.3 is 20.5 Å². The van der Waals surface area contributed by atoms with Crippen LogP contribution in [-0.4, -0.2) is 34.8 Å². The predicted octanol–water partition coefficient (Wildman–Crippen LogP) is 4.06. The molecule has 0 saturated heterocycles. The van der Waals surface area contributed by atoms with Gasteiger partial charge in [-0.25, -0.2) is 4.68 Å². The molecule has 3 N–H and O–H groups in total. The lowest BCUT2D eigenvalue weighted by atomic mass is 9.78. The van der Waals surface area contributed by atoms with Gasteiger partial charge in [-0.15, -0.1) is 5.10 Å². The van der Waals surface area contributed by atoms with Crippen LogP contribution in [0, 0.1) is 0 Å². The minimum atomic E-state index is -0.377. The average Bonchev–Trinajstić information content (AvgIpc) is 3.17. The van der Waals surface area contributed by atoms with Gasteiger partial charge in [0, 0.05) is 22.2 Å². The first-order chi connectivity index (χ1) is 15.5. The minimum absolute atomic E-state index is 0.00550. The number of carbonyl (C=O) groups excluding carboxylic acids is 1. The standard InChI is InChI=1S/C23H22BrN5O3/c1-31-18-8-5-13(11-19(18)32-2)14-9-16-20(17(30)10-14)21(12-3-6-15(24)7-4-12)29-23(26-16)27-22(25)28-29/h3-8,11,14,21H,9-10H2,1-2H3,(H3,25,26,27,28)/t14-,21+/m1/s1. The number of nitrogen functional groups attached to an aromatic ring is 1. The van der Waals surface area contributed by atoms with Crippen molar-refractivity contribution in [2.24, 2.45) is 0 Å². The van der Waals surface area contributed by atoms with E-state index in [1.165, 1.54) is 0 Å². The number of fused-ring (bicyclic) bond motifs is 1. The summed E-state index contributed by atoms with van der Waals surface area (Å²) in [6.07, 6.45) is 1.05. The zero-order chi connectivity index (χ0) is 22.4. The molecule has 2 aromatic carbocycles. The van der Waals surface area contributed by atoms with E-state index in [4.69, 9.17) is 15.2 Å². The number of nitrogens with one attached hydrogen (secondary N) is 1. The molecule has 164 valence electrons. The molecule has 9 heteroatoms. The number of rotatable bonds is 4. The van der Waals surface area contributed by atoms with Crippen LogP contribution in [0.4, 0.5) is 11.9 Å². The lowest BCUT2D eigenvalue weighted by Gasteiger charge is -2.35. The Balaban J connectivity index is 1.57. The summed E-state index contributed by atoms with van der Waals surface area (Å²) in [5.74, 6) is 2.09. The molecular formula is C23H22BrN5O3. The van der Waals surface area contributed by atoms with Crippen LogP contribution < -0.4 is 20.5 Å². The highest BCUT2D eigenvalue weighted by molar-refractivity contribution is 9.10. The second kappa shape index (κ2) is 7.98. The van der Waals surface area contributed by atoms with Crippen LogP contribution in [0.5, 0.6) is 11.5 Å². The zero-order valence-electron chi connectivity index (χ0n) is 17.6. The summed E-state index contributed by atoms with van der Waals surface area (Å²) in [6.45, 7) is 0. The molecule has 1 aromatic heterocycles. The Bertz CT molecular complexity index is 1230. The van der Waals surface area contributed by atoms with E-state index >= 15 is 0 Å². The summed E-state index contributed by atoms with van der Waals surface area (Å²) in [5.41, 5.74) is 9.44. The molecule has 1 aliphatic heterocycles. The lowest BCUT2D eigenvalue weighted by molar-refractivity contribution is -0.116. The summed E-state index contributed by atoms with van der Waals surface area (Å²) in [7, 11) is 3.21. The van der Waals surface area contributed by atoms with Crippen LogP contribution in [0.2, 0.25) is 0 Å². The van der Waals surface area contributed by atoms with Crippen LogP contribution >= 0.6 is 15.9 Å². The summed E-state index contributed by atoms with van der Waals surface area (Å²) in [4.78, 5) is 17.8. The number of aromatic nitrogens is 3. The summed E-state index contributed by atoms with van der Waals surface area (Å²) in [5, 5.41) is 7.68. The van der Waals surface area contributed by atoms with Crippen molar-refractivity contribution < 1.29 is 14.3 Å². The number of allylic oxidation sites excluding steroid dienone is 2. The predicted molar refractivity (Wildman–Crippen MR) is 124 cm³/mol. The number of carbonyl (C=O) groups is 1. The van der Waals surface area contributed by atoms with E-state index in [1.807, 2.05) is 42.5 Å². The highest BCUT2D eigenvalue weighted by Crippen LogP contribution is 2.45. The molecule has 0 amide bonds. The third-order valence-electron chi connectivity index (χ3n) is 6.00. The van der Waals surface area contributed by atoms with Crippen molar-refractivity contribution in [2.45, 2.75) is 24.8 Å². The highest BCUT2D eigenvalue weighted by atomic mass is 79.9. The number of benzene rings is 2. The number of anilines is 2. The molecule has 0 saturated carbocycles. The second-order valence-corrected chi connectivity index (χ2v) is 8.77. The Hall–Kier alpha value is -3.33. The van der Waals surface area contributed by atoms with E-state index in [-0.39, 0.29) is 23.7 Å². The van der Waals surface area contributed by atoms with Gasteiger partial charge in [0.1, 0.15) is 6.04 Å². The Morgan fingerprint density at radius 3 is 2.50 bits per heavy atom. The number of ether oxygens (including phenoxy) is 2. The Morgan fingerprint density at radius 1 is 1.06 bits per heavy atom. The number of methoxy groups -OCH3 is 2. The molecule has 0 fully saturated rings. The molecule has 0 unspecified atom stereocenters. The van der Waals surface area contributed by atoms with Crippen LogP contribution in [-0.2, 0) is 4.79 Å². The fourth-order valence-electron chi connectivity index (χ4n) is 4.52. The summed E-state index contributed by atoms with van der Waals surface area (Å²) < 4.78 is 13.5. The van der Waals surface area contributed by atoms with E-state index in [9.17, 15) is 4.79 Å². The van der Waals surface area contributed by atoms with Gasteiger partial charge in [-0.2, -0.15) is 4.98 Å². The molecule has 1 aliphatic carbocycles. The Kier molecular flexibility index (Phi) is 5.13. The van der Waals surface area contributed by atoms with Crippen LogP contribution in [0.3, 0.4) is 0 Å². The van der Waals surface area contributed by atoms with Gasteiger partial charge in [0.25, 0.3) is 0 Å². The van der Waals surface area contributed by atoms with Crippen molar-refractivity contribution in [1.82, 2.24) is 14.8 Å². The summed E-state index contributed by atoms with van der Waals surface area (Å²) >= 11 is 3.48. The van der Waals surface area contributed by atoms with Gasteiger partial charge >= 0.3 is 0 Å². The fraction of sp³-hybridized carbons (Fsp3) is 0.261. The van der Waals surface area contributed by atoms with Crippen LogP contribution in [0.1, 0.15) is 35.9 Å². The number of nitrogens with zero attached hydrogens (tertiary/aromatic N) is 3. The van der Waals surface area contributed by atoms with Gasteiger partial charge in [-0.1, -0.05) is 34.1 Å². The topological polar surface area (TPSA) is 104 Å². The molecule has 5 rings (SSSR count).